The molecule has 122 valence electrons. The quantitative estimate of drug-likeness (QED) is 0.718. The van der Waals surface area contributed by atoms with Gasteiger partial charge in [-0.05, 0) is 24.6 Å². The molecule has 0 spiro atoms. The van der Waals surface area contributed by atoms with Crippen LogP contribution >= 0.6 is 0 Å². The van der Waals surface area contributed by atoms with Crippen LogP contribution in [0.25, 0.3) is 16.9 Å². The topological polar surface area (TPSA) is 101 Å². The molecule has 0 fully saturated rings. The number of hydrogen-bond donors (Lipinski definition) is 1. The van der Waals surface area contributed by atoms with Crippen molar-refractivity contribution >= 4 is 26.9 Å². The van der Waals surface area contributed by atoms with Gasteiger partial charge in [0.15, 0.2) is 5.65 Å². The zero-order valence-corrected chi connectivity index (χ0v) is 13.7. The van der Waals surface area contributed by atoms with Gasteiger partial charge in [-0.1, -0.05) is 31.2 Å². The lowest BCUT2D eigenvalue weighted by Crippen LogP contribution is -2.12. The molecule has 1 aromatic carbocycles. The predicted octanol–water partition coefficient (Wildman–Crippen LogP) is 3.45. The van der Waals surface area contributed by atoms with Crippen molar-refractivity contribution in [1.82, 2.24) is 13.9 Å². The van der Waals surface area contributed by atoms with E-state index in [2.05, 4.69) is 15.1 Å². The van der Waals surface area contributed by atoms with Crippen molar-refractivity contribution in [3.63, 3.8) is 0 Å². The Kier molecular flexibility index (Phi) is 4.22. The number of hydrogen-bond acceptors (Lipinski definition) is 6. The molecule has 8 heteroatoms. The van der Waals surface area contributed by atoms with E-state index >= 15 is 0 Å². The van der Waals surface area contributed by atoms with E-state index in [1.807, 2.05) is 6.92 Å². The summed E-state index contributed by atoms with van der Waals surface area (Å²) in [5.41, 5.74) is 8.73. The van der Waals surface area contributed by atoms with E-state index in [1.165, 1.54) is 24.5 Å². The van der Waals surface area contributed by atoms with Gasteiger partial charge in [0.1, 0.15) is 16.9 Å². The minimum absolute atomic E-state index is 0.182. The molecule has 0 radical (unpaired) electrons. The third kappa shape index (κ3) is 2.71. The van der Waals surface area contributed by atoms with Gasteiger partial charge in [0.05, 0.1) is 11.1 Å². The van der Waals surface area contributed by atoms with Gasteiger partial charge < -0.3 is 0 Å². The molecule has 0 bridgehead atoms. The monoisotopic (exact) mass is 341 g/mol. The summed E-state index contributed by atoms with van der Waals surface area (Å²) in [5.74, 6) is 0. The van der Waals surface area contributed by atoms with Gasteiger partial charge in [0, 0.05) is 6.20 Å². The largest absolute Gasteiger partial charge is 0.269 e. The van der Waals surface area contributed by atoms with Crippen molar-refractivity contribution < 1.29 is 8.42 Å². The molecular formula is C16H15N5O2S. The Labute approximate surface area is 139 Å². The average molecular weight is 341 g/mol. The van der Waals surface area contributed by atoms with Crippen molar-refractivity contribution in [2.24, 2.45) is 5.11 Å². The summed E-state index contributed by atoms with van der Waals surface area (Å²) in [6.45, 7) is 1.93. The van der Waals surface area contributed by atoms with Gasteiger partial charge in [-0.3, -0.25) is 0 Å². The Balaban J connectivity index is 2.13. The minimum Gasteiger partial charge on any atom is -0.241 e. The van der Waals surface area contributed by atoms with Crippen LogP contribution < -0.4 is 0 Å². The summed E-state index contributed by atoms with van der Waals surface area (Å²) >= 11 is 0. The summed E-state index contributed by atoms with van der Waals surface area (Å²) in [7, 11) is -3.73. The molecule has 0 atom stereocenters. The predicted molar refractivity (Wildman–Crippen MR) is 90.0 cm³/mol. The molecule has 0 saturated carbocycles. The van der Waals surface area contributed by atoms with E-state index in [-0.39, 0.29) is 10.5 Å². The second-order valence-corrected chi connectivity index (χ2v) is 6.82. The Bertz CT molecular complexity index is 1020. The highest BCUT2D eigenvalue weighted by atomic mass is 32.2. The maximum atomic E-state index is 12.7. The third-order valence-electron chi connectivity index (χ3n) is 3.44. The first-order valence-corrected chi connectivity index (χ1v) is 8.74. The molecule has 0 aliphatic rings. The van der Waals surface area contributed by atoms with Gasteiger partial charge in [0.25, 0.3) is 10.0 Å². The third-order valence-corrected chi connectivity index (χ3v) is 5.12. The molecule has 3 rings (SSSR count). The van der Waals surface area contributed by atoms with Crippen LogP contribution in [0.3, 0.4) is 0 Å². The number of benzene rings is 1. The highest BCUT2D eigenvalue weighted by molar-refractivity contribution is 7.90. The van der Waals surface area contributed by atoms with E-state index in [1.54, 1.807) is 30.3 Å². The number of nitrogens with one attached hydrogen (secondary N) is 1. The number of aromatic nitrogens is 3. The summed E-state index contributed by atoms with van der Waals surface area (Å²) in [4.78, 5) is 8.77. The zero-order chi connectivity index (χ0) is 17.2. The van der Waals surface area contributed by atoms with Crippen LogP contribution in [0.2, 0.25) is 0 Å². The number of nitrogens with zero attached hydrogens (tertiary/aromatic N) is 4. The average Bonchev–Trinajstić information content (AvgIpc) is 3.04. The molecule has 2 aromatic heterocycles. The van der Waals surface area contributed by atoms with Crippen LogP contribution in [0.5, 0.6) is 0 Å². The molecule has 24 heavy (non-hydrogen) atoms. The van der Waals surface area contributed by atoms with Crippen LogP contribution in [0, 0.1) is 5.53 Å². The van der Waals surface area contributed by atoms with Crippen LogP contribution in [-0.2, 0) is 10.0 Å². The Morgan fingerprint density at radius 1 is 1.29 bits per heavy atom. The molecule has 0 unspecified atom stereocenters. The summed E-state index contributed by atoms with van der Waals surface area (Å²) in [5, 5.41) is 3.44. The van der Waals surface area contributed by atoms with Crippen LogP contribution in [0.15, 0.2) is 64.9 Å². The summed E-state index contributed by atoms with van der Waals surface area (Å²) in [6.07, 6.45) is 5.33. The lowest BCUT2D eigenvalue weighted by atomic mass is 10.3. The normalized spacial score (nSPS) is 12.5. The lowest BCUT2D eigenvalue weighted by molar-refractivity contribution is 0.588. The molecule has 0 aliphatic carbocycles. The van der Waals surface area contributed by atoms with Crippen LogP contribution in [-0.4, -0.2) is 22.4 Å². The molecule has 0 aliphatic heterocycles. The Morgan fingerprint density at radius 3 is 2.71 bits per heavy atom. The summed E-state index contributed by atoms with van der Waals surface area (Å²) < 4.78 is 26.5. The van der Waals surface area contributed by atoms with E-state index in [4.69, 9.17) is 5.53 Å². The van der Waals surface area contributed by atoms with Crippen molar-refractivity contribution in [2.75, 3.05) is 0 Å². The second kappa shape index (κ2) is 6.32. The molecule has 3 aromatic rings. The highest BCUT2D eigenvalue weighted by Crippen LogP contribution is 2.22. The number of allylic oxidation sites excluding steroid dienone is 1. The van der Waals surface area contributed by atoms with Crippen molar-refractivity contribution in [3.8, 4) is 0 Å². The fourth-order valence-electron chi connectivity index (χ4n) is 2.31. The molecule has 7 nitrogen and oxygen atoms in total. The second-order valence-electron chi connectivity index (χ2n) is 5.00. The lowest BCUT2D eigenvalue weighted by Gasteiger charge is -2.07. The maximum absolute atomic E-state index is 12.7. The van der Waals surface area contributed by atoms with Gasteiger partial charge in [-0.15, -0.1) is 0 Å². The van der Waals surface area contributed by atoms with Gasteiger partial charge in [0.2, 0.25) is 0 Å². The Hall–Kier alpha value is -2.87. The molecule has 2 heterocycles. The fraction of sp³-hybridized carbons (Fsp3) is 0.125. The molecule has 1 N–H and O–H groups in total. The smallest absolute Gasteiger partial charge is 0.241 e. The number of fused-ring (bicyclic) bond motifs is 1. The van der Waals surface area contributed by atoms with E-state index in [9.17, 15) is 8.42 Å². The van der Waals surface area contributed by atoms with Crippen LogP contribution in [0.4, 0.5) is 0 Å². The van der Waals surface area contributed by atoms with Crippen molar-refractivity contribution in [2.45, 2.75) is 18.2 Å². The number of rotatable bonds is 5. The molecule has 0 saturated heterocycles. The molecule has 0 amide bonds. The summed E-state index contributed by atoms with van der Waals surface area (Å²) in [6, 6.07) is 9.73. The van der Waals surface area contributed by atoms with Crippen molar-refractivity contribution in [1.29, 1.82) is 5.53 Å². The minimum atomic E-state index is -3.73. The zero-order valence-electron chi connectivity index (χ0n) is 12.9. The van der Waals surface area contributed by atoms with E-state index in [0.29, 0.717) is 23.3 Å². The molecular weight excluding hydrogens is 326 g/mol. The van der Waals surface area contributed by atoms with Crippen LogP contribution in [0.1, 0.15) is 19.0 Å². The first-order chi connectivity index (χ1) is 11.6. The standard InChI is InChI=1S/C16H15N5O2S/c1-2-6-13(20-17)15-11-18-16-14(19-15)9-10-21(16)24(22,23)12-7-4-3-5-8-12/h3-11,17H,2H2,1H3/b13-6-,20-17?. The Morgan fingerprint density at radius 2 is 2.04 bits per heavy atom. The maximum Gasteiger partial charge on any atom is 0.269 e. The van der Waals surface area contributed by atoms with E-state index < -0.39 is 10.0 Å². The first-order valence-electron chi connectivity index (χ1n) is 7.30. The van der Waals surface area contributed by atoms with Gasteiger partial charge in [-0.25, -0.2) is 27.9 Å². The van der Waals surface area contributed by atoms with Gasteiger partial charge >= 0.3 is 0 Å². The van der Waals surface area contributed by atoms with Gasteiger partial charge in [-0.2, -0.15) is 5.11 Å². The highest BCUT2D eigenvalue weighted by Gasteiger charge is 2.20. The first kappa shape index (κ1) is 16.0. The van der Waals surface area contributed by atoms with Crippen molar-refractivity contribution in [3.05, 3.63) is 60.6 Å². The van der Waals surface area contributed by atoms with E-state index in [0.717, 1.165) is 3.97 Å². The fourth-order valence-corrected chi connectivity index (χ4v) is 3.63. The SMILES string of the molecule is CC/C=C(\N=N)c1cnc2c(ccn2S(=O)(=O)c2ccccc2)n1.